The van der Waals surface area contributed by atoms with Crippen LogP contribution in [0.15, 0.2) is 30.5 Å². The zero-order chi connectivity index (χ0) is 15.2. The smallest absolute Gasteiger partial charge is 0.185 e. The summed E-state index contributed by atoms with van der Waals surface area (Å²) in [5, 5.41) is 0.743. The number of methoxy groups -OCH3 is 2. The van der Waals surface area contributed by atoms with Gasteiger partial charge in [-0.3, -0.25) is 4.98 Å². The number of rotatable bonds is 6. The first kappa shape index (κ1) is 15.6. The van der Waals surface area contributed by atoms with Gasteiger partial charge in [-0.05, 0) is 12.5 Å². The van der Waals surface area contributed by atoms with Crippen LogP contribution in [0.5, 0.6) is 17.2 Å². The SMILES string of the molecule is COc1ccnc(COc2c(C)cccc2CBr)c1OC. The van der Waals surface area contributed by atoms with E-state index in [2.05, 4.69) is 20.9 Å². The van der Waals surface area contributed by atoms with Crippen molar-refractivity contribution in [2.75, 3.05) is 14.2 Å². The van der Waals surface area contributed by atoms with Crippen molar-refractivity contribution in [3.05, 3.63) is 47.3 Å². The maximum atomic E-state index is 5.96. The van der Waals surface area contributed by atoms with Crippen LogP contribution in [0.2, 0.25) is 0 Å². The van der Waals surface area contributed by atoms with Crippen molar-refractivity contribution >= 4 is 15.9 Å². The van der Waals surface area contributed by atoms with E-state index in [0.717, 1.165) is 22.2 Å². The molecule has 0 amide bonds. The molecule has 1 aromatic carbocycles. The molecule has 0 bridgehead atoms. The highest BCUT2D eigenvalue weighted by molar-refractivity contribution is 9.08. The largest absolute Gasteiger partial charge is 0.493 e. The number of aromatic nitrogens is 1. The van der Waals surface area contributed by atoms with Crippen LogP contribution in [0.4, 0.5) is 0 Å². The van der Waals surface area contributed by atoms with Gasteiger partial charge in [-0.25, -0.2) is 0 Å². The van der Waals surface area contributed by atoms with Crippen molar-refractivity contribution in [2.45, 2.75) is 18.9 Å². The van der Waals surface area contributed by atoms with Crippen LogP contribution in [0.25, 0.3) is 0 Å². The Morgan fingerprint density at radius 3 is 2.57 bits per heavy atom. The number of aryl methyl sites for hydroxylation is 1. The summed E-state index contributed by atoms with van der Waals surface area (Å²) in [6, 6.07) is 7.84. The lowest BCUT2D eigenvalue weighted by Crippen LogP contribution is -2.05. The van der Waals surface area contributed by atoms with E-state index in [4.69, 9.17) is 14.2 Å². The molecule has 0 unspecified atom stereocenters. The van der Waals surface area contributed by atoms with E-state index in [1.807, 2.05) is 25.1 Å². The summed E-state index contributed by atoms with van der Waals surface area (Å²) in [6.07, 6.45) is 1.68. The molecule has 2 rings (SSSR count). The second kappa shape index (κ2) is 7.31. The third kappa shape index (κ3) is 3.47. The van der Waals surface area contributed by atoms with E-state index in [-0.39, 0.29) is 0 Å². The third-order valence-corrected chi connectivity index (χ3v) is 3.76. The van der Waals surface area contributed by atoms with Crippen molar-refractivity contribution in [3.63, 3.8) is 0 Å². The summed E-state index contributed by atoms with van der Waals surface area (Å²) in [5.74, 6) is 2.13. The summed E-state index contributed by atoms with van der Waals surface area (Å²) in [5.41, 5.74) is 2.91. The molecule has 0 aliphatic heterocycles. The Kier molecular flexibility index (Phi) is 5.44. The van der Waals surface area contributed by atoms with Crippen molar-refractivity contribution in [1.29, 1.82) is 0 Å². The molecule has 0 aliphatic carbocycles. The molecule has 1 heterocycles. The molecule has 0 radical (unpaired) electrons. The molecule has 0 spiro atoms. The molecule has 5 heteroatoms. The summed E-state index contributed by atoms with van der Waals surface area (Å²) < 4.78 is 16.6. The maximum absolute atomic E-state index is 5.96. The first-order valence-corrected chi connectivity index (χ1v) is 7.66. The molecular weight excluding hydrogens is 334 g/mol. The van der Waals surface area contributed by atoms with Crippen LogP contribution in [-0.4, -0.2) is 19.2 Å². The van der Waals surface area contributed by atoms with Gasteiger partial charge in [0.1, 0.15) is 18.1 Å². The number of halogens is 1. The summed E-state index contributed by atoms with van der Waals surface area (Å²) in [7, 11) is 3.20. The average Bonchev–Trinajstić information content (AvgIpc) is 2.52. The van der Waals surface area contributed by atoms with Crippen LogP contribution in [0, 0.1) is 6.92 Å². The average molecular weight is 352 g/mol. The molecule has 0 atom stereocenters. The van der Waals surface area contributed by atoms with Gasteiger partial charge in [0, 0.05) is 23.2 Å². The molecular formula is C16H18BrNO3. The Hall–Kier alpha value is -1.75. The van der Waals surface area contributed by atoms with Crippen LogP contribution >= 0.6 is 15.9 Å². The molecule has 0 aliphatic rings. The van der Waals surface area contributed by atoms with Crippen molar-refractivity contribution in [1.82, 2.24) is 4.98 Å². The zero-order valence-electron chi connectivity index (χ0n) is 12.4. The molecule has 0 N–H and O–H groups in total. The predicted octanol–water partition coefficient (Wildman–Crippen LogP) is 3.88. The van der Waals surface area contributed by atoms with E-state index >= 15 is 0 Å². The van der Waals surface area contributed by atoms with Gasteiger partial charge in [0.2, 0.25) is 0 Å². The lowest BCUT2D eigenvalue weighted by Gasteiger charge is -2.15. The Labute approximate surface area is 133 Å². The molecule has 0 saturated carbocycles. The van der Waals surface area contributed by atoms with Gasteiger partial charge in [0.05, 0.1) is 14.2 Å². The topological polar surface area (TPSA) is 40.6 Å². The highest BCUT2D eigenvalue weighted by atomic mass is 79.9. The zero-order valence-corrected chi connectivity index (χ0v) is 13.9. The van der Waals surface area contributed by atoms with Crippen LogP contribution in [0.3, 0.4) is 0 Å². The molecule has 0 saturated heterocycles. The standard InChI is InChI=1S/C16H18BrNO3/c1-11-5-4-6-12(9-17)15(11)21-10-13-16(20-3)14(19-2)7-8-18-13/h4-8H,9-10H2,1-3H3. The van der Waals surface area contributed by atoms with Gasteiger partial charge in [0.25, 0.3) is 0 Å². The Balaban J connectivity index is 2.25. The van der Waals surface area contributed by atoms with Gasteiger partial charge in [-0.1, -0.05) is 34.1 Å². The molecule has 1 aromatic heterocycles. The number of para-hydroxylation sites is 1. The first-order valence-electron chi connectivity index (χ1n) is 6.54. The highest BCUT2D eigenvalue weighted by Crippen LogP contribution is 2.31. The minimum Gasteiger partial charge on any atom is -0.493 e. The van der Waals surface area contributed by atoms with Crippen LogP contribution < -0.4 is 14.2 Å². The van der Waals surface area contributed by atoms with Gasteiger partial charge in [-0.2, -0.15) is 0 Å². The maximum Gasteiger partial charge on any atom is 0.185 e. The first-order chi connectivity index (χ1) is 10.2. The Bertz CT molecular complexity index is 616. The third-order valence-electron chi connectivity index (χ3n) is 3.16. The quantitative estimate of drug-likeness (QED) is 0.740. The van der Waals surface area contributed by atoms with Crippen molar-refractivity contribution in [2.24, 2.45) is 0 Å². The summed E-state index contributed by atoms with van der Waals surface area (Å²) in [6.45, 7) is 2.35. The van der Waals surface area contributed by atoms with Crippen molar-refractivity contribution < 1.29 is 14.2 Å². The highest BCUT2D eigenvalue weighted by Gasteiger charge is 2.13. The number of alkyl halides is 1. The lowest BCUT2D eigenvalue weighted by atomic mass is 10.1. The molecule has 0 fully saturated rings. The fourth-order valence-corrected chi connectivity index (χ4v) is 2.56. The van der Waals surface area contributed by atoms with Gasteiger partial charge in [0.15, 0.2) is 11.5 Å². The fraction of sp³-hybridized carbons (Fsp3) is 0.312. The number of ether oxygens (including phenoxy) is 3. The number of hydrogen-bond donors (Lipinski definition) is 0. The second-order valence-electron chi connectivity index (χ2n) is 4.48. The predicted molar refractivity (Wildman–Crippen MR) is 85.5 cm³/mol. The second-order valence-corrected chi connectivity index (χ2v) is 5.04. The monoisotopic (exact) mass is 351 g/mol. The van der Waals surface area contributed by atoms with E-state index in [1.54, 1.807) is 26.5 Å². The molecule has 112 valence electrons. The van der Waals surface area contributed by atoms with Gasteiger partial charge < -0.3 is 14.2 Å². The number of pyridine rings is 1. The van der Waals surface area contributed by atoms with Gasteiger partial charge in [-0.15, -0.1) is 0 Å². The molecule has 21 heavy (non-hydrogen) atoms. The lowest BCUT2D eigenvalue weighted by molar-refractivity contribution is 0.281. The fourth-order valence-electron chi connectivity index (χ4n) is 2.12. The van der Waals surface area contributed by atoms with Crippen molar-refractivity contribution in [3.8, 4) is 17.2 Å². The van der Waals surface area contributed by atoms with E-state index in [9.17, 15) is 0 Å². The number of benzene rings is 1. The minimum absolute atomic E-state index is 0.325. The molecule has 2 aromatic rings. The van der Waals surface area contributed by atoms with E-state index < -0.39 is 0 Å². The normalized spacial score (nSPS) is 10.3. The Morgan fingerprint density at radius 2 is 1.90 bits per heavy atom. The minimum atomic E-state index is 0.325. The molecule has 4 nitrogen and oxygen atoms in total. The van der Waals surface area contributed by atoms with Gasteiger partial charge >= 0.3 is 0 Å². The number of hydrogen-bond acceptors (Lipinski definition) is 4. The number of nitrogens with zero attached hydrogens (tertiary/aromatic N) is 1. The van der Waals surface area contributed by atoms with Crippen LogP contribution in [-0.2, 0) is 11.9 Å². The van der Waals surface area contributed by atoms with E-state index in [1.165, 1.54) is 0 Å². The summed E-state index contributed by atoms with van der Waals surface area (Å²) in [4.78, 5) is 4.32. The van der Waals surface area contributed by atoms with Crippen LogP contribution in [0.1, 0.15) is 16.8 Å². The Morgan fingerprint density at radius 1 is 1.10 bits per heavy atom. The van der Waals surface area contributed by atoms with E-state index in [0.29, 0.717) is 23.8 Å². The summed E-state index contributed by atoms with van der Waals surface area (Å²) >= 11 is 3.48.